The molecule has 0 atom stereocenters. The van der Waals surface area contributed by atoms with Crippen molar-refractivity contribution in [1.82, 2.24) is 10.2 Å². The largest absolute Gasteiger partial charge is 0.489 e. The van der Waals surface area contributed by atoms with E-state index in [9.17, 15) is 22.4 Å². The number of aliphatic hydroxyl groups excluding tert-OH is 1. The number of ether oxygens (including phenoxy) is 1. The van der Waals surface area contributed by atoms with Crippen molar-refractivity contribution in [2.45, 2.75) is 38.4 Å². The van der Waals surface area contributed by atoms with Crippen molar-refractivity contribution in [3.05, 3.63) is 52.2 Å². The van der Waals surface area contributed by atoms with Gasteiger partial charge >= 0.3 is 6.18 Å². The monoisotopic (exact) mass is 606 g/mol. The number of alkyl halides is 3. The van der Waals surface area contributed by atoms with E-state index < -0.39 is 24.3 Å². The summed E-state index contributed by atoms with van der Waals surface area (Å²) >= 11 is 1.22. The number of hydrogen-bond acceptors (Lipinski definition) is 7. The first kappa shape index (κ1) is 31.4. The van der Waals surface area contributed by atoms with Crippen LogP contribution in [-0.4, -0.2) is 74.6 Å². The summed E-state index contributed by atoms with van der Waals surface area (Å²) in [5, 5.41) is 18.5. The van der Waals surface area contributed by atoms with E-state index in [2.05, 4.69) is 39.6 Å². The minimum Gasteiger partial charge on any atom is -0.489 e. The second-order valence-corrected chi connectivity index (χ2v) is 10.9. The van der Waals surface area contributed by atoms with Gasteiger partial charge in [0.15, 0.2) is 0 Å². The minimum atomic E-state index is -4.41. The third kappa shape index (κ3) is 7.85. The first-order chi connectivity index (χ1) is 20.1. The maximum Gasteiger partial charge on any atom is 0.393 e. The number of carbonyl (C=O) groups is 1. The van der Waals surface area contributed by atoms with Crippen LogP contribution in [0.1, 0.15) is 40.6 Å². The zero-order chi connectivity index (χ0) is 30.3. The molecule has 1 amide bonds. The van der Waals surface area contributed by atoms with Crippen LogP contribution in [0.2, 0.25) is 0 Å². The predicted octanol–water partition coefficient (Wildman–Crippen LogP) is 5.24. The van der Waals surface area contributed by atoms with Gasteiger partial charge in [0, 0.05) is 32.2 Å². The molecule has 12 heteroatoms. The van der Waals surface area contributed by atoms with E-state index in [0.29, 0.717) is 10.3 Å². The van der Waals surface area contributed by atoms with E-state index in [1.54, 1.807) is 12.1 Å². The highest BCUT2D eigenvalue weighted by atomic mass is 32.1. The molecule has 0 spiro atoms. The molecule has 1 aromatic heterocycles. The summed E-state index contributed by atoms with van der Waals surface area (Å²) in [5.74, 6) is 4.43. The lowest BCUT2D eigenvalue weighted by atomic mass is 10.0. The molecular formula is C30H34F4N4O3S. The summed E-state index contributed by atoms with van der Waals surface area (Å²) in [5.41, 5.74) is 0.895. The van der Waals surface area contributed by atoms with Gasteiger partial charge in [0.2, 0.25) is 0 Å². The fraction of sp³-hybridized carbons (Fsp3) is 0.433. The molecule has 1 fully saturated rings. The van der Waals surface area contributed by atoms with E-state index in [-0.39, 0.29) is 48.4 Å². The van der Waals surface area contributed by atoms with Gasteiger partial charge in [-0.15, -0.1) is 11.3 Å². The molecule has 1 saturated heterocycles. The molecule has 1 aliphatic heterocycles. The van der Waals surface area contributed by atoms with Gasteiger partial charge in [-0.1, -0.05) is 30.9 Å². The molecule has 2 heterocycles. The summed E-state index contributed by atoms with van der Waals surface area (Å²) in [6.07, 6.45) is -3.60. The van der Waals surface area contributed by atoms with Crippen LogP contribution in [0.25, 0.3) is 10.1 Å². The third-order valence-electron chi connectivity index (χ3n) is 7.05. The Bertz CT molecular complexity index is 1460. The van der Waals surface area contributed by atoms with Crippen molar-refractivity contribution in [2.24, 2.45) is 0 Å². The van der Waals surface area contributed by atoms with Crippen LogP contribution in [0.5, 0.6) is 5.75 Å². The van der Waals surface area contributed by atoms with Gasteiger partial charge in [0.1, 0.15) is 18.2 Å². The number of thiophene rings is 1. The lowest BCUT2D eigenvalue weighted by Gasteiger charge is -2.32. The molecule has 0 radical (unpaired) electrons. The molecule has 2 aromatic carbocycles. The lowest BCUT2D eigenvalue weighted by molar-refractivity contribution is -0.126. The van der Waals surface area contributed by atoms with Crippen molar-refractivity contribution >= 4 is 38.7 Å². The van der Waals surface area contributed by atoms with E-state index >= 15 is 0 Å². The van der Waals surface area contributed by atoms with Crippen molar-refractivity contribution in [3.63, 3.8) is 0 Å². The smallest absolute Gasteiger partial charge is 0.393 e. The fourth-order valence-corrected chi connectivity index (χ4v) is 6.08. The molecule has 42 heavy (non-hydrogen) atoms. The Hall–Kier alpha value is -3.53. The number of nitrogens with zero attached hydrogens (tertiary/aromatic N) is 1. The molecule has 0 aliphatic carbocycles. The average molecular weight is 607 g/mol. The summed E-state index contributed by atoms with van der Waals surface area (Å²) < 4.78 is 61.6. The SMILES string of the molecule is CCN1CCC(Nc2cccc3c(CC(F)(F)F)c(C#CCNc4cc(F)c(C(=O)NC)cc4OCCO)sc23)CC1. The number of amides is 1. The highest BCUT2D eigenvalue weighted by molar-refractivity contribution is 7.20. The van der Waals surface area contributed by atoms with Gasteiger partial charge in [0.25, 0.3) is 5.91 Å². The second-order valence-electron chi connectivity index (χ2n) is 9.87. The van der Waals surface area contributed by atoms with Gasteiger partial charge in [-0.2, -0.15) is 13.2 Å². The minimum absolute atomic E-state index is 0.0327. The quantitative estimate of drug-likeness (QED) is 0.187. The van der Waals surface area contributed by atoms with E-state index in [1.165, 1.54) is 24.5 Å². The molecular weight excluding hydrogens is 572 g/mol. The van der Waals surface area contributed by atoms with Gasteiger partial charge in [-0.25, -0.2) is 4.39 Å². The second kappa shape index (κ2) is 14.1. The molecule has 3 aromatic rings. The lowest BCUT2D eigenvalue weighted by Crippen LogP contribution is -2.38. The Morgan fingerprint density at radius 3 is 2.64 bits per heavy atom. The zero-order valence-electron chi connectivity index (χ0n) is 23.5. The Labute approximate surface area is 246 Å². The number of aliphatic hydroxyl groups is 1. The third-order valence-corrected chi connectivity index (χ3v) is 8.25. The van der Waals surface area contributed by atoms with Crippen molar-refractivity contribution in [2.75, 3.05) is 57.1 Å². The van der Waals surface area contributed by atoms with Crippen molar-refractivity contribution in [3.8, 4) is 17.6 Å². The zero-order valence-corrected chi connectivity index (χ0v) is 24.3. The van der Waals surface area contributed by atoms with Crippen LogP contribution < -0.4 is 20.7 Å². The van der Waals surface area contributed by atoms with Gasteiger partial charge in [-0.05, 0) is 42.5 Å². The number of benzene rings is 2. The van der Waals surface area contributed by atoms with Crippen LogP contribution in [0.3, 0.4) is 0 Å². The average Bonchev–Trinajstić information content (AvgIpc) is 3.31. The molecule has 7 nitrogen and oxygen atoms in total. The van der Waals surface area contributed by atoms with Crippen LogP contribution in [-0.2, 0) is 6.42 Å². The summed E-state index contributed by atoms with van der Waals surface area (Å²) in [4.78, 5) is 14.7. The summed E-state index contributed by atoms with van der Waals surface area (Å²) in [7, 11) is 1.37. The number of anilines is 2. The molecule has 4 N–H and O–H groups in total. The van der Waals surface area contributed by atoms with Crippen LogP contribution >= 0.6 is 11.3 Å². The maximum atomic E-state index is 14.6. The molecule has 0 bridgehead atoms. The molecule has 0 saturated carbocycles. The molecule has 4 rings (SSSR count). The first-order valence-electron chi connectivity index (χ1n) is 13.8. The number of nitrogens with one attached hydrogen (secondary N) is 3. The van der Waals surface area contributed by atoms with E-state index in [4.69, 9.17) is 9.84 Å². The Morgan fingerprint density at radius 2 is 1.98 bits per heavy atom. The predicted molar refractivity (Wildman–Crippen MR) is 158 cm³/mol. The normalized spacial score (nSPS) is 14.4. The van der Waals surface area contributed by atoms with Gasteiger partial charge in [-0.3, -0.25) is 4.79 Å². The highest BCUT2D eigenvalue weighted by Crippen LogP contribution is 2.39. The van der Waals surface area contributed by atoms with Gasteiger partial charge in [0.05, 0.1) is 46.1 Å². The number of fused-ring (bicyclic) bond motifs is 1. The summed E-state index contributed by atoms with van der Waals surface area (Å²) in [6, 6.07) is 7.89. The Morgan fingerprint density at radius 1 is 1.21 bits per heavy atom. The molecule has 226 valence electrons. The Kier molecular flexibility index (Phi) is 10.5. The number of rotatable bonds is 10. The first-order valence-corrected chi connectivity index (χ1v) is 14.6. The number of halogens is 4. The maximum absolute atomic E-state index is 14.6. The highest BCUT2D eigenvalue weighted by Gasteiger charge is 2.31. The fourth-order valence-electron chi connectivity index (χ4n) is 4.91. The number of carbonyl (C=O) groups excluding carboxylic acids is 1. The Balaban J connectivity index is 1.59. The van der Waals surface area contributed by atoms with Crippen LogP contribution in [0.4, 0.5) is 28.9 Å². The van der Waals surface area contributed by atoms with Gasteiger partial charge < -0.3 is 30.7 Å². The summed E-state index contributed by atoms with van der Waals surface area (Å²) in [6.45, 7) is 4.66. The molecule has 1 aliphatic rings. The van der Waals surface area contributed by atoms with Crippen molar-refractivity contribution < 1.29 is 32.2 Å². The molecule has 0 unspecified atom stereocenters. The topological polar surface area (TPSA) is 85.9 Å². The van der Waals surface area contributed by atoms with E-state index in [0.717, 1.165) is 48.9 Å². The standard InChI is InChI=1S/C30H34F4N4O3S/c1-3-38-12-9-19(10-13-38)37-24-7-4-6-20-22(18-30(32,33)34)27(42-28(20)24)8-5-11-36-25-17-23(31)21(29(40)35-2)16-26(25)41-15-14-39/h4,6-7,16-17,19,36-37,39H,3,9-15,18H2,1-2H3,(H,35,40). The van der Waals surface area contributed by atoms with Crippen LogP contribution in [0, 0.1) is 17.7 Å². The van der Waals surface area contributed by atoms with Crippen LogP contribution in [0.15, 0.2) is 30.3 Å². The van der Waals surface area contributed by atoms with Crippen molar-refractivity contribution in [1.29, 1.82) is 0 Å². The number of piperidine rings is 1. The number of likely N-dealkylation sites (tertiary alicyclic amines) is 1. The number of hydrogen-bond donors (Lipinski definition) is 4. The van der Waals surface area contributed by atoms with E-state index in [1.807, 2.05) is 6.07 Å².